The van der Waals surface area contributed by atoms with Crippen molar-refractivity contribution < 1.29 is 9.53 Å². The fraction of sp³-hybridized carbons (Fsp3) is 0.579. The fourth-order valence-electron chi connectivity index (χ4n) is 3.00. The zero-order valence-corrected chi connectivity index (χ0v) is 18.3. The summed E-state index contributed by atoms with van der Waals surface area (Å²) in [4.78, 5) is 18.1. The van der Waals surface area contributed by atoms with Gasteiger partial charge in [-0.3, -0.25) is 9.79 Å². The Hall–Kier alpha value is -1.35. The highest BCUT2D eigenvalue weighted by molar-refractivity contribution is 14.0. The molecule has 26 heavy (non-hydrogen) atoms. The SMILES string of the molecule is CN=C(NCc1ccc(C(=O)NC)cc1)N(C)CCC1CCOCC1.I. The number of hydrogen-bond acceptors (Lipinski definition) is 3. The van der Waals surface area contributed by atoms with Crippen LogP contribution in [-0.4, -0.2) is 57.7 Å². The summed E-state index contributed by atoms with van der Waals surface area (Å²) in [7, 11) is 5.52. The monoisotopic (exact) mass is 474 g/mol. The van der Waals surface area contributed by atoms with Crippen LogP contribution < -0.4 is 10.6 Å². The van der Waals surface area contributed by atoms with Gasteiger partial charge in [0.15, 0.2) is 5.96 Å². The minimum Gasteiger partial charge on any atom is -0.381 e. The highest BCUT2D eigenvalue weighted by Crippen LogP contribution is 2.18. The first-order chi connectivity index (χ1) is 12.1. The number of guanidine groups is 1. The van der Waals surface area contributed by atoms with E-state index in [0.717, 1.165) is 50.0 Å². The van der Waals surface area contributed by atoms with Crippen LogP contribution in [0.1, 0.15) is 35.2 Å². The fourth-order valence-corrected chi connectivity index (χ4v) is 3.00. The number of rotatable bonds is 6. The van der Waals surface area contributed by atoms with Crippen molar-refractivity contribution in [1.82, 2.24) is 15.5 Å². The number of carbonyl (C=O) groups excluding carboxylic acids is 1. The molecule has 1 aliphatic rings. The number of carbonyl (C=O) groups is 1. The molecule has 0 unspecified atom stereocenters. The molecule has 1 aromatic carbocycles. The van der Waals surface area contributed by atoms with Gasteiger partial charge in [-0.25, -0.2) is 0 Å². The van der Waals surface area contributed by atoms with E-state index >= 15 is 0 Å². The molecule has 7 heteroatoms. The average molecular weight is 474 g/mol. The zero-order chi connectivity index (χ0) is 18.1. The molecule has 0 bridgehead atoms. The highest BCUT2D eigenvalue weighted by Gasteiger charge is 2.15. The summed E-state index contributed by atoms with van der Waals surface area (Å²) in [5, 5.41) is 6.01. The standard InChI is InChI=1S/C19H30N4O2.HI/c1-20-18(24)17-6-4-16(5-7-17)14-22-19(21-2)23(3)11-8-15-9-12-25-13-10-15;/h4-7,15H,8-14H2,1-3H3,(H,20,24)(H,21,22);1H. The number of hydrogen-bond donors (Lipinski definition) is 2. The molecule has 1 aromatic rings. The first kappa shape index (κ1) is 22.7. The second kappa shape index (κ2) is 12.1. The molecule has 0 aromatic heterocycles. The minimum atomic E-state index is -0.0665. The lowest BCUT2D eigenvalue weighted by atomic mass is 9.96. The first-order valence-electron chi connectivity index (χ1n) is 8.94. The number of nitrogens with one attached hydrogen (secondary N) is 2. The lowest BCUT2D eigenvalue weighted by Crippen LogP contribution is -2.39. The van der Waals surface area contributed by atoms with Crippen molar-refractivity contribution in [3.8, 4) is 0 Å². The van der Waals surface area contributed by atoms with Crippen LogP contribution in [0.5, 0.6) is 0 Å². The maximum Gasteiger partial charge on any atom is 0.251 e. The summed E-state index contributed by atoms with van der Waals surface area (Å²) in [6, 6.07) is 7.61. The number of benzene rings is 1. The number of halogens is 1. The predicted octanol–water partition coefficient (Wildman–Crippen LogP) is 2.49. The topological polar surface area (TPSA) is 66.0 Å². The van der Waals surface area contributed by atoms with Gasteiger partial charge >= 0.3 is 0 Å². The molecule has 1 fully saturated rings. The maximum atomic E-state index is 11.6. The van der Waals surface area contributed by atoms with Crippen LogP contribution in [0.25, 0.3) is 0 Å². The summed E-state index contributed by atoms with van der Waals surface area (Å²) in [6.07, 6.45) is 3.50. The largest absolute Gasteiger partial charge is 0.381 e. The van der Waals surface area contributed by atoms with E-state index in [1.807, 2.05) is 31.3 Å². The van der Waals surface area contributed by atoms with Crippen LogP contribution >= 0.6 is 24.0 Å². The van der Waals surface area contributed by atoms with Gasteiger partial charge in [0, 0.05) is 53.0 Å². The third kappa shape index (κ3) is 7.11. The van der Waals surface area contributed by atoms with Gasteiger partial charge in [0.25, 0.3) is 5.91 Å². The van der Waals surface area contributed by atoms with Gasteiger partial charge in [-0.05, 0) is 42.9 Å². The lowest BCUT2D eigenvalue weighted by Gasteiger charge is -2.26. The van der Waals surface area contributed by atoms with Crippen LogP contribution in [0.2, 0.25) is 0 Å². The van der Waals surface area contributed by atoms with Crippen LogP contribution in [0.15, 0.2) is 29.3 Å². The van der Waals surface area contributed by atoms with E-state index in [9.17, 15) is 4.79 Å². The molecule has 0 atom stereocenters. The molecule has 0 saturated carbocycles. The molecule has 1 heterocycles. The smallest absolute Gasteiger partial charge is 0.251 e. The summed E-state index contributed by atoms with van der Waals surface area (Å²) in [6.45, 7) is 3.46. The van der Waals surface area contributed by atoms with Crippen molar-refractivity contribution in [3.63, 3.8) is 0 Å². The summed E-state index contributed by atoms with van der Waals surface area (Å²) in [5.74, 6) is 1.58. The van der Waals surface area contributed by atoms with Crippen molar-refractivity contribution in [2.75, 3.05) is 40.9 Å². The van der Waals surface area contributed by atoms with Gasteiger partial charge in [0.05, 0.1) is 0 Å². The molecule has 1 saturated heterocycles. The Kier molecular flexibility index (Phi) is 10.6. The average Bonchev–Trinajstić information content (AvgIpc) is 2.67. The molecule has 0 radical (unpaired) electrons. The molecular formula is C19H31IN4O2. The van der Waals surface area contributed by atoms with Crippen molar-refractivity contribution in [3.05, 3.63) is 35.4 Å². The molecular weight excluding hydrogens is 443 g/mol. The normalized spacial score (nSPS) is 15.1. The molecule has 1 amide bonds. The van der Waals surface area contributed by atoms with Gasteiger partial charge in [-0.15, -0.1) is 24.0 Å². The summed E-state index contributed by atoms with van der Waals surface area (Å²) in [5.41, 5.74) is 1.79. The molecule has 2 N–H and O–H groups in total. The first-order valence-corrected chi connectivity index (χ1v) is 8.94. The molecule has 6 nitrogen and oxygen atoms in total. The molecule has 0 aliphatic carbocycles. The Labute approximate surface area is 173 Å². The Morgan fingerprint density at radius 3 is 2.50 bits per heavy atom. The van der Waals surface area contributed by atoms with Gasteiger partial charge in [0.1, 0.15) is 0 Å². The second-order valence-corrected chi connectivity index (χ2v) is 6.44. The van der Waals surface area contributed by atoms with Gasteiger partial charge in [-0.1, -0.05) is 12.1 Å². The van der Waals surface area contributed by atoms with Crippen LogP contribution in [0, 0.1) is 5.92 Å². The van der Waals surface area contributed by atoms with Gasteiger partial charge in [0.2, 0.25) is 0 Å². The Balaban J connectivity index is 0.00000338. The molecule has 1 aliphatic heterocycles. The van der Waals surface area contributed by atoms with E-state index in [-0.39, 0.29) is 29.9 Å². The maximum absolute atomic E-state index is 11.6. The number of amides is 1. The quantitative estimate of drug-likeness (QED) is 0.378. The molecule has 2 rings (SSSR count). The number of aliphatic imine (C=N–C) groups is 1. The summed E-state index contributed by atoms with van der Waals surface area (Å²) < 4.78 is 5.42. The lowest BCUT2D eigenvalue weighted by molar-refractivity contribution is 0.0625. The van der Waals surface area contributed by atoms with E-state index in [4.69, 9.17) is 4.74 Å². The highest BCUT2D eigenvalue weighted by atomic mass is 127. The molecule has 0 spiro atoms. The van der Waals surface area contributed by atoms with E-state index in [0.29, 0.717) is 12.1 Å². The van der Waals surface area contributed by atoms with Crippen molar-refractivity contribution in [1.29, 1.82) is 0 Å². The number of ether oxygens (including phenoxy) is 1. The van der Waals surface area contributed by atoms with Gasteiger partial charge < -0.3 is 20.3 Å². The summed E-state index contributed by atoms with van der Waals surface area (Å²) >= 11 is 0. The van der Waals surface area contributed by atoms with Crippen molar-refractivity contribution in [2.24, 2.45) is 10.9 Å². The number of nitrogens with zero attached hydrogens (tertiary/aromatic N) is 2. The Morgan fingerprint density at radius 1 is 1.27 bits per heavy atom. The predicted molar refractivity (Wildman–Crippen MR) is 116 cm³/mol. The zero-order valence-electron chi connectivity index (χ0n) is 16.0. The van der Waals surface area contributed by atoms with Crippen LogP contribution in [0.4, 0.5) is 0 Å². The second-order valence-electron chi connectivity index (χ2n) is 6.44. The Morgan fingerprint density at radius 2 is 1.92 bits per heavy atom. The van der Waals surface area contributed by atoms with Crippen molar-refractivity contribution >= 4 is 35.8 Å². The van der Waals surface area contributed by atoms with E-state index in [2.05, 4.69) is 27.6 Å². The van der Waals surface area contributed by atoms with Crippen molar-refractivity contribution in [2.45, 2.75) is 25.8 Å². The van der Waals surface area contributed by atoms with E-state index in [1.54, 1.807) is 7.05 Å². The Bertz CT molecular complexity index is 571. The third-order valence-corrected chi connectivity index (χ3v) is 4.68. The minimum absolute atomic E-state index is 0. The van der Waals surface area contributed by atoms with E-state index in [1.165, 1.54) is 6.42 Å². The van der Waals surface area contributed by atoms with E-state index < -0.39 is 0 Å². The molecule has 146 valence electrons. The van der Waals surface area contributed by atoms with Crippen LogP contribution in [0.3, 0.4) is 0 Å². The van der Waals surface area contributed by atoms with Gasteiger partial charge in [-0.2, -0.15) is 0 Å². The third-order valence-electron chi connectivity index (χ3n) is 4.68. The van der Waals surface area contributed by atoms with Crippen LogP contribution in [-0.2, 0) is 11.3 Å².